The molecular weight excluding hydrogens is 687 g/mol. The van der Waals surface area contributed by atoms with Gasteiger partial charge in [0.05, 0.1) is 0 Å². The summed E-state index contributed by atoms with van der Waals surface area (Å²) in [7, 11) is 0. The summed E-state index contributed by atoms with van der Waals surface area (Å²) in [5, 5.41) is 7.92. The first-order valence-electron chi connectivity index (χ1n) is 17.5. The van der Waals surface area contributed by atoms with Crippen LogP contribution in [-0.4, -0.2) is 0 Å². The Morgan fingerprint density at radius 1 is 0.288 bits per heavy atom. The minimum Gasteiger partial charge on any atom is -0.310 e. The molecule has 244 valence electrons. The van der Waals surface area contributed by atoms with E-state index in [4.69, 9.17) is 0 Å². The Hall–Kier alpha value is -5.78. The molecule has 0 bridgehead atoms. The maximum absolute atomic E-state index is 2.41. The lowest BCUT2D eigenvalue weighted by Crippen LogP contribution is -2.09. The molecule has 8 aromatic carbocycles. The summed E-state index contributed by atoms with van der Waals surface area (Å²) in [6.07, 6.45) is 0. The van der Waals surface area contributed by atoms with Crippen LogP contribution in [0.25, 0.3) is 82.8 Å². The molecule has 0 unspecified atom stereocenters. The highest BCUT2D eigenvalue weighted by atomic mass is 32.1. The first-order chi connectivity index (χ1) is 25.7. The predicted molar refractivity (Wildman–Crippen MR) is 231 cm³/mol. The summed E-state index contributed by atoms with van der Waals surface area (Å²) in [6.45, 7) is 0. The Bertz CT molecular complexity index is 3140. The van der Waals surface area contributed by atoms with Crippen LogP contribution < -0.4 is 4.90 Å². The SMILES string of the molecule is c1cc(-c2cccc3c2sc2ccccc23)cc(N(c2ccc(-c3ccc4sc5ccccc5c4c3)cc2)c2ccc3c(c2)sc2ccccc23)c1. The average Bonchev–Trinajstić information content (AvgIpc) is 3.89. The lowest BCUT2D eigenvalue weighted by atomic mass is 10.0. The van der Waals surface area contributed by atoms with Gasteiger partial charge in [-0.15, -0.1) is 34.0 Å². The van der Waals surface area contributed by atoms with Crippen molar-refractivity contribution in [2.45, 2.75) is 0 Å². The van der Waals surface area contributed by atoms with Gasteiger partial charge in [-0.2, -0.15) is 0 Å². The molecule has 0 spiro atoms. The largest absolute Gasteiger partial charge is 0.310 e. The average molecular weight is 716 g/mol. The monoisotopic (exact) mass is 715 g/mol. The third-order valence-electron chi connectivity index (χ3n) is 10.3. The van der Waals surface area contributed by atoms with Crippen LogP contribution in [0.1, 0.15) is 0 Å². The van der Waals surface area contributed by atoms with Crippen molar-refractivity contribution >= 4 is 112 Å². The maximum Gasteiger partial charge on any atom is 0.0476 e. The molecule has 0 fully saturated rings. The second-order valence-electron chi connectivity index (χ2n) is 13.3. The van der Waals surface area contributed by atoms with Gasteiger partial charge in [-0.1, -0.05) is 109 Å². The van der Waals surface area contributed by atoms with Crippen molar-refractivity contribution < 1.29 is 0 Å². The van der Waals surface area contributed by atoms with E-state index in [0.717, 1.165) is 17.1 Å². The van der Waals surface area contributed by atoms with Gasteiger partial charge >= 0.3 is 0 Å². The molecule has 11 rings (SSSR count). The molecule has 3 heterocycles. The van der Waals surface area contributed by atoms with Crippen LogP contribution in [-0.2, 0) is 0 Å². The number of anilines is 3. The van der Waals surface area contributed by atoms with E-state index >= 15 is 0 Å². The Morgan fingerprint density at radius 2 is 0.846 bits per heavy atom. The topological polar surface area (TPSA) is 3.24 Å². The molecule has 0 radical (unpaired) electrons. The van der Waals surface area contributed by atoms with Gasteiger partial charge in [0.2, 0.25) is 0 Å². The van der Waals surface area contributed by atoms with E-state index in [-0.39, 0.29) is 0 Å². The molecule has 52 heavy (non-hydrogen) atoms. The molecule has 1 nitrogen and oxygen atoms in total. The van der Waals surface area contributed by atoms with Gasteiger partial charge in [0.25, 0.3) is 0 Å². The second-order valence-corrected chi connectivity index (χ2v) is 16.5. The molecule has 3 aromatic heterocycles. The van der Waals surface area contributed by atoms with E-state index in [1.165, 1.54) is 82.8 Å². The quantitative estimate of drug-likeness (QED) is 0.171. The zero-order valence-corrected chi connectivity index (χ0v) is 30.4. The lowest BCUT2D eigenvalue weighted by Gasteiger charge is -2.26. The van der Waals surface area contributed by atoms with Crippen LogP contribution in [0, 0.1) is 0 Å². The van der Waals surface area contributed by atoms with E-state index in [9.17, 15) is 0 Å². The Labute approximate surface area is 312 Å². The fourth-order valence-corrected chi connectivity index (χ4v) is 11.3. The Morgan fingerprint density at radius 3 is 1.63 bits per heavy atom. The van der Waals surface area contributed by atoms with Crippen LogP contribution in [0.3, 0.4) is 0 Å². The number of thiophene rings is 3. The molecule has 11 aromatic rings. The van der Waals surface area contributed by atoms with Gasteiger partial charge in [-0.05, 0) is 89.0 Å². The summed E-state index contributed by atoms with van der Waals surface area (Å²) >= 11 is 5.61. The minimum atomic E-state index is 1.13. The van der Waals surface area contributed by atoms with E-state index in [0.29, 0.717) is 0 Å². The van der Waals surface area contributed by atoms with Crippen LogP contribution in [0.4, 0.5) is 17.1 Å². The number of benzene rings is 8. The fourth-order valence-electron chi connectivity index (χ4n) is 7.80. The van der Waals surface area contributed by atoms with Gasteiger partial charge in [0.15, 0.2) is 0 Å². The van der Waals surface area contributed by atoms with E-state index in [1.807, 2.05) is 34.0 Å². The minimum absolute atomic E-state index is 1.13. The molecule has 0 aliphatic heterocycles. The van der Waals surface area contributed by atoms with Gasteiger partial charge in [0, 0.05) is 77.6 Å². The third-order valence-corrected chi connectivity index (χ3v) is 13.8. The normalized spacial score (nSPS) is 11.8. The van der Waals surface area contributed by atoms with Crippen molar-refractivity contribution in [3.05, 3.63) is 176 Å². The number of nitrogens with zero attached hydrogens (tertiary/aromatic N) is 1. The van der Waals surface area contributed by atoms with Crippen molar-refractivity contribution in [1.29, 1.82) is 0 Å². The molecular formula is C48H29NS3. The molecule has 0 aliphatic rings. The van der Waals surface area contributed by atoms with Crippen LogP contribution >= 0.6 is 34.0 Å². The van der Waals surface area contributed by atoms with Crippen LogP contribution in [0.15, 0.2) is 176 Å². The lowest BCUT2D eigenvalue weighted by molar-refractivity contribution is 1.29. The highest BCUT2D eigenvalue weighted by Gasteiger charge is 2.17. The van der Waals surface area contributed by atoms with E-state index in [1.54, 1.807) is 0 Å². The van der Waals surface area contributed by atoms with Gasteiger partial charge in [-0.25, -0.2) is 0 Å². The van der Waals surface area contributed by atoms with Crippen molar-refractivity contribution in [1.82, 2.24) is 0 Å². The summed E-state index contributed by atoms with van der Waals surface area (Å²) in [5.74, 6) is 0. The highest BCUT2D eigenvalue weighted by molar-refractivity contribution is 7.26. The van der Waals surface area contributed by atoms with E-state index < -0.39 is 0 Å². The Balaban J connectivity index is 1.05. The standard InChI is InChI=1S/C48H29NS3/c1-4-16-43-37(11-1)40-25-24-35(29-47(40)51-43)49(33-22-19-30(20-23-33)31-21-26-46-42(28-31)39-13-3-5-17-44(39)50-46)34-10-7-9-32(27-34)36-14-8-15-41-38-12-2-6-18-45(38)52-48(36)41/h1-29H. The molecule has 0 N–H and O–H groups in total. The van der Waals surface area contributed by atoms with Gasteiger partial charge in [0.1, 0.15) is 0 Å². The molecule has 0 amide bonds. The van der Waals surface area contributed by atoms with Crippen molar-refractivity contribution in [2.24, 2.45) is 0 Å². The first-order valence-corrected chi connectivity index (χ1v) is 19.9. The molecule has 0 aliphatic carbocycles. The second kappa shape index (κ2) is 11.9. The number of hydrogen-bond acceptors (Lipinski definition) is 4. The fraction of sp³-hybridized carbons (Fsp3) is 0. The summed E-state index contributed by atoms with van der Waals surface area (Å²) in [4.78, 5) is 2.41. The third kappa shape index (κ3) is 4.80. The van der Waals surface area contributed by atoms with Crippen molar-refractivity contribution in [2.75, 3.05) is 4.90 Å². The van der Waals surface area contributed by atoms with Crippen LogP contribution in [0.2, 0.25) is 0 Å². The summed E-state index contributed by atoms with van der Waals surface area (Å²) in [5.41, 5.74) is 8.35. The predicted octanol–water partition coefficient (Wildman–Crippen LogP) is 15.6. The number of hydrogen-bond donors (Lipinski definition) is 0. The van der Waals surface area contributed by atoms with Crippen LogP contribution in [0.5, 0.6) is 0 Å². The molecule has 0 atom stereocenters. The molecule has 4 heteroatoms. The first kappa shape index (κ1) is 29.9. The smallest absolute Gasteiger partial charge is 0.0476 e. The number of rotatable bonds is 5. The highest BCUT2D eigenvalue weighted by Crippen LogP contribution is 2.44. The van der Waals surface area contributed by atoms with Crippen molar-refractivity contribution in [3.8, 4) is 22.3 Å². The zero-order valence-electron chi connectivity index (χ0n) is 27.9. The van der Waals surface area contributed by atoms with Crippen molar-refractivity contribution in [3.63, 3.8) is 0 Å². The molecule has 0 saturated heterocycles. The maximum atomic E-state index is 2.41. The van der Waals surface area contributed by atoms with Gasteiger partial charge in [-0.3, -0.25) is 0 Å². The zero-order chi connectivity index (χ0) is 34.2. The Kier molecular flexibility index (Phi) is 6.84. The summed E-state index contributed by atoms with van der Waals surface area (Å²) < 4.78 is 7.93. The van der Waals surface area contributed by atoms with E-state index in [2.05, 4.69) is 181 Å². The molecule has 0 saturated carbocycles. The van der Waals surface area contributed by atoms with Gasteiger partial charge < -0.3 is 4.90 Å². The number of fused-ring (bicyclic) bond motifs is 9. The summed E-state index contributed by atoms with van der Waals surface area (Å²) in [6, 6.07) is 64.9.